The number of nitrogens with one attached hydrogen (secondary N) is 2. The number of sulfonamides is 1. The molecular formula is C22H24Cl2N2O2S. The lowest BCUT2D eigenvalue weighted by Crippen LogP contribution is -2.33. The predicted octanol–water partition coefficient (Wildman–Crippen LogP) is 5.90. The number of allylic oxidation sites excluding steroid dienone is 2. The molecule has 0 spiro atoms. The molecule has 0 saturated carbocycles. The van der Waals surface area contributed by atoms with Gasteiger partial charge in [-0.15, -0.1) is 0 Å². The van der Waals surface area contributed by atoms with E-state index in [1.807, 2.05) is 32.0 Å². The Hall–Kier alpha value is -1.53. The van der Waals surface area contributed by atoms with E-state index in [1.54, 1.807) is 18.2 Å². The molecule has 0 saturated heterocycles. The third kappa shape index (κ3) is 3.93. The van der Waals surface area contributed by atoms with Gasteiger partial charge in [0.2, 0.25) is 10.0 Å². The van der Waals surface area contributed by atoms with Crippen molar-refractivity contribution in [3.05, 3.63) is 69.7 Å². The van der Waals surface area contributed by atoms with Gasteiger partial charge in [0, 0.05) is 27.7 Å². The normalized spacial score (nSPS) is 23.9. The Kier molecular flexibility index (Phi) is 5.68. The first-order valence-corrected chi connectivity index (χ1v) is 12.1. The summed E-state index contributed by atoms with van der Waals surface area (Å²) in [6, 6.07) is 10.8. The van der Waals surface area contributed by atoms with E-state index in [0.29, 0.717) is 14.9 Å². The minimum Gasteiger partial charge on any atom is -0.378 e. The highest BCUT2D eigenvalue weighted by atomic mass is 35.5. The molecule has 154 valence electrons. The highest BCUT2D eigenvalue weighted by molar-refractivity contribution is 7.89. The molecule has 0 amide bonds. The van der Waals surface area contributed by atoms with Gasteiger partial charge in [0.25, 0.3) is 0 Å². The number of hydrogen-bond donors (Lipinski definition) is 2. The molecule has 0 radical (unpaired) electrons. The largest absolute Gasteiger partial charge is 0.378 e. The van der Waals surface area contributed by atoms with E-state index in [9.17, 15) is 8.42 Å². The molecule has 2 aliphatic rings. The summed E-state index contributed by atoms with van der Waals surface area (Å²) in [6.07, 6.45) is 5.99. The molecule has 4 nitrogen and oxygen atoms in total. The molecule has 4 rings (SSSR count). The van der Waals surface area contributed by atoms with Crippen molar-refractivity contribution < 1.29 is 8.42 Å². The van der Waals surface area contributed by atoms with Crippen LogP contribution in [0.25, 0.3) is 0 Å². The number of anilines is 1. The van der Waals surface area contributed by atoms with E-state index in [4.69, 9.17) is 23.2 Å². The molecule has 29 heavy (non-hydrogen) atoms. The minimum absolute atomic E-state index is 0.0352. The third-order valence-electron chi connectivity index (χ3n) is 5.91. The first-order valence-electron chi connectivity index (χ1n) is 9.84. The Labute approximate surface area is 182 Å². The van der Waals surface area contributed by atoms with E-state index in [0.717, 1.165) is 29.7 Å². The van der Waals surface area contributed by atoms with Gasteiger partial charge in [0.1, 0.15) is 0 Å². The zero-order chi connectivity index (χ0) is 20.8. The molecule has 1 aliphatic carbocycles. The summed E-state index contributed by atoms with van der Waals surface area (Å²) in [7, 11) is -3.55. The van der Waals surface area contributed by atoms with E-state index < -0.39 is 10.0 Å². The summed E-state index contributed by atoms with van der Waals surface area (Å²) < 4.78 is 28.3. The first kappa shape index (κ1) is 20.7. The maximum absolute atomic E-state index is 12.8. The molecule has 2 aromatic carbocycles. The number of halogens is 2. The van der Waals surface area contributed by atoms with E-state index in [-0.39, 0.29) is 23.9 Å². The summed E-state index contributed by atoms with van der Waals surface area (Å²) in [5.41, 5.74) is 2.96. The van der Waals surface area contributed by atoms with Crippen LogP contribution in [0.3, 0.4) is 0 Å². The number of fused-ring (bicyclic) bond motifs is 3. The van der Waals surface area contributed by atoms with Gasteiger partial charge < -0.3 is 5.32 Å². The Bertz CT molecular complexity index is 1070. The van der Waals surface area contributed by atoms with Crippen molar-refractivity contribution in [3.63, 3.8) is 0 Å². The van der Waals surface area contributed by atoms with Gasteiger partial charge in [-0.2, -0.15) is 0 Å². The van der Waals surface area contributed by atoms with Crippen molar-refractivity contribution in [3.8, 4) is 0 Å². The lowest BCUT2D eigenvalue weighted by atomic mass is 9.77. The molecule has 0 bridgehead atoms. The Morgan fingerprint density at radius 3 is 2.69 bits per heavy atom. The van der Waals surface area contributed by atoms with E-state index in [1.165, 1.54) is 0 Å². The van der Waals surface area contributed by atoms with Crippen LogP contribution in [0.15, 0.2) is 53.4 Å². The second-order valence-electron chi connectivity index (χ2n) is 7.82. The molecule has 0 fully saturated rings. The third-order valence-corrected chi connectivity index (χ3v) is 8.06. The van der Waals surface area contributed by atoms with Gasteiger partial charge >= 0.3 is 0 Å². The molecule has 2 aromatic rings. The molecule has 7 heteroatoms. The lowest BCUT2D eigenvalue weighted by molar-refractivity contribution is 0.425. The van der Waals surface area contributed by atoms with Gasteiger partial charge in [-0.05, 0) is 67.1 Å². The van der Waals surface area contributed by atoms with Crippen molar-refractivity contribution >= 4 is 38.9 Å². The maximum atomic E-state index is 12.8. The Morgan fingerprint density at radius 2 is 1.97 bits per heavy atom. The quantitative estimate of drug-likeness (QED) is 0.557. The van der Waals surface area contributed by atoms with Crippen LogP contribution in [0.2, 0.25) is 10.0 Å². The van der Waals surface area contributed by atoms with Crippen molar-refractivity contribution in [2.24, 2.45) is 5.92 Å². The summed E-state index contributed by atoms with van der Waals surface area (Å²) in [4.78, 5) is 0.306. The molecule has 4 atom stereocenters. The van der Waals surface area contributed by atoms with Crippen LogP contribution in [-0.2, 0) is 10.0 Å². The Balaban J connectivity index is 1.72. The minimum atomic E-state index is -3.55. The second-order valence-corrected chi connectivity index (χ2v) is 10.4. The topological polar surface area (TPSA) is 58.2 Å². The maximum Gasteiger partial charge on any atom is 0.240 e. The number of hydrogen-bond acceptors (Lipinski definition) is 3. The van der Waals surface area contributed by atoms with Crippen molar-refractivity contribution in [2.45, 2.75) is 49.6 Å². The summed E-state index contributed by atoms with van der Waals surface area (Å²) >= 11 is 12.6. The van der Waals surface area contributed by atoms with Crippen LogP contribution in [-0.4, -0.2) is 14.5 Å². The fourth-order valence-electron chi connectivity index (χ4n) is 4.22. The van der Waals surface area contributed by atoms with Crippen LogP contribution in [0.1, 0.15) is 49.8 Å². The van der Waals surface area contributed by atoms with Gasteiger partial charge in [-0.25, -0.2) is 13.1 Å². The van der Waals surface area contributed by atoms with Crippen molar-refractivity contribution in [1.82, 2.24) is 4.72 Å². The number of rotatable bonds is 5. The molecule has 0 aromatic heterocycles. The van der Waals surface area contributed by atoms with Crippen LogP contribution in [0, 0.1) is 5.92 Å². The van der Waals surface area contributed by atoms with Crippen LogP contribution >= 0.6 is 23.2 Å². The molecule has 2 N–H and O–H groups in total. The summed E-state index contributed by atoms with van der Waals surface area (Å²) in [6.45, 7) is 3.83. The Morgan fingerprint density at radius 1 is 1.17 bits per heavy atom. The highest BCUT2D eigenvalue weighted by Gasteiger charge is 2.39. The van der Waals surface area contributed by atoms with Crippen molar-refractivity contribution in [1.29, 1.82) is 0 Å². The standard InChI is InChI=1S/C22H24Cl2N2O2S/c1-3-13(2)26-29(27,28)15-8-10-21-19(12-15)16-5-4-6-17(16)22(25-21)18-9-7-14(23)11-20(18)24/h4-5,7-13,16-17,22,25-26H,3,6H2,1-2H3. The lowest BCUT2D eigenvalue weighted by Gasteiger charge is -2.38. The number of benzene rings is 2. The molecule has 1 heterocycles. The predicted molar refractivity (Wildman–Crippen MR) is 119 cm³/mol. The first-order chi connectivity index (χ1) is 13.8. The highest BCUT2D eigenvalue weighted by Crippen LogP contribution is 2.51. The fourth-order valence-corrected chi connectivity index (χ4v) is 6.11. The summed E-state index contributed by atoms with van der Waals surface area (Å²) in [5, 5.41) is 4.84. The van der Waals surface area contributed by atoms with E-state index in [2.05, 4.69) is 22.2 Å². The van der Waals surface area contributed by atoms with Crippen LogP contribution in [0.5, 0.6) is 0 Å². The van der Waals surface area contributed by atoms with Crippen LogP contribution < -0.4 is 10.0 Å². The fraction of sp³-hybridized carbons (Fsp3) is 0.364. The van der Waals surface area contributed by atoms with Gasteiger partial charge in [0.15, 0.2) is 0 Å². The second kappa shape index (κ2) is 7.95. The van der Waals surface area contributed by atoms with Gasteiger partial charge in [-0.3, -0.25) is 0 Å². The monoisotopic (exact) mass is 450 g/mol. The molecule has 4 unspecified atom stereocenters. The average molecular weight is 451 g/mol. The van der Waals surface area contributed by atoms with Gasteiger partial charge in [-0.1, -0.05) is 48.3 Å². The smallest absolute Gasteiger partial charge is 0.240 e. The SMILES string of the molecule is CCC(C)NS(=O)(=O)c1ccc2c(c1)C1C=CCC1C(c1ccc(Cl)cc1Cl)N2. The van der Waals surface area contributed by atoms with Crippen LogP contribution in [0.4, 0.5) is 5.69 Å². The van der Waals surface area contributed by atoms with Crippen molar-refractivity contribution in [2.75, 3.05) is 5.32 Å². The molecule has 1 aliphatic heterocycles. The summed E-state index contributed by atoms with van der Waals surface area (Å²) in [5.74, 6) is 0.406. The van der Waals surface area contributed by atoms with Gasteiger partial charge in [0.05, 0.1) is 10.9 Å². The average Bonchev–Trinajstić information content (AvgIpc) is 3.17. The van der Waals surface area contributed by atoms with E-state index >= 15 is 0 Å². The zero-order valence-corrected chi connectivity index (χ0v) is 18.7. The zero-order valence-electron chi connectivity index (χ0n) is 16.3. The molecular weight excluding hydrogens is 427 g/mol.